The van der Waals surface area contributed by atoms with Crippen molar-refractivity contribution < 1.29 is 9.53 Å². The van der Waals surface area contributed by atoms with E-state index in [1.165, 1.54) is 5.56 Å². The molecule has 0 bridgehead atoms. The van der Waals surface area contributed by atoms with Crippen molar-refractivity contribution >= 4 is 17.5 Å². The quantitative estimate of drug-likeness (QED) is 0.578. The van der Waals surface area contributed by atoms with Gasteiger partial charge in [0.2, 0.25) is 0 Å². The maximum Gasteiger partial charge on any atom is 0.167 e. The third kappa shape index (κ3) is 6.13. The molecule has 0 N–H and O–H groups in total. The fourth-order valence-electron chi connectivity index (χ4n) is 1.98. The number of carbonyl (C=O) groups excluding carboxylic acids is 1. The van der Waals surface area contributed by atoms with Gasteiger partial charge in [0.15, 0.2) is 5.78 Å². The van der Waals surface area contributed by atoms with E-state index in [-0.39, 0.29) is 5.78 Å². The van der Waals surface area contributed by atoms with Gasteiger partial charge in [-0.25, -0.2) is 0 Å². The zero-order valence-corrected chi connectivity index (χ0v) is 14.8. The number of rotatable bonds is 9. The predicted octanol–water partition coefficient (Wildman–Crippen LogP) is 5.31. The van der Waals surface area contributed by atoms with Gasteiger partial charge in [-0.3, -0.25) is 4.79 Å². The van der Waals surface area contributed by atoms with Gasteiger partial charge in [0, 0.05) is 12.2 Å². The fraction of sp³-hybridized carbons (Fsp3) is 0.611. The maximum absolute atomic E-state index is 12.5. The molecule has 0 saturated heterocycles. The molecule has 2 nitrogen and oxygen atoms in total. The van der Waals surface area contributed by atoms with Crippen molar-refractivity contribution in [3.05, 3.63) is 29.3 Å². The highest BCUT2D eigenvalue weighted by molar-refractivity contribution is 7.99. The second kappa shape index (κ2) is 9.14. The van der Waals surface area contributed by atoms with Gasteiger partial charge in [-0.05, 0) is 35.3 Å². The Morgan fingerprint density at radius 1 is 1.24 bits per heavy atom. The van der Waals surface area contributed by atoms with Crippen LogP contribution in [0.5, 0.6) is 5.75 Å². The molecule has 0 atom stereocenters. The number of ether oxygens (including phenoxy) is 1. The topological polar surface area (TPSA) is 26.3 Å². The van der Waals surface area contributed by atoms with Crippen molar-refractivity contribution in [3.63, 3.8) is 0 Å². The Kier molecular flexibility index (Phi) is 7.87. The molecule has 0 heterocycles. The molecule has 0 unspecified atom stereocenters. The molecule has 0 saturated carbocycles. The number of carbonyl (C=O) groups is 1. The first-order chi connectivity index (χ1) is 9.95. The molecule has 0 aliphatic heterocycles. The number of Topliss-reactive ketones (excluding diaryl/α,β-unsaturated/α-hetero) is 1. The van der Waals surface area contributed by atoms with E-state index in [4.69, 9.17) is 4.74 Å². The van der Waals surface area contributed by atoms with E-state index in [0.717, 1.165) is 23.5 Å². The van der Waals surface area contributed by atoms with Crippen molar-refractivity contribution in [1.82, 2.24) is 0 Å². The van der Waals surface area contributed by atoms with Gasteiger partial charge in [0.05, 0.1) is 12.2 Å². The van der Waals surface area contributed by atoms with Gasteiger partial charge < -0.3 is 4.74 Å². The van der Waals surface area contributed by atoms with E-state index >= 15 is 0 Å². The second-order valence-corrected chi connectivity index (χ2v) is 7.54. The average Bonchev–Trinajstić information content (AvgIpc) is 2.44. The smallest absolute Gasteiger partial charge is 0.167 e. The van der Waals surface area contributed by atoms with Crippen LogP contribution in [0.2, 0.25) is 0 Å². The lowest BCUT2D eigenvalue weighted by Crippen LogP contribution is -2.07. The molecule has 1 aromatic rings. The van der Waals surface area contributed by atoms with E-state index in [1.807, 2.05) is 23.9 Å². The highest BCUT2D eigenvalue weighted by Gasteiger charge is 2.15. The summed E-state index contributed by atoms with van der Waals surface area (Å²) < 4.78 is 5.74. The first kappa shape index (κ1) is 18.1. The summed E-state index contributed by atoms with van der Waals surface area (Å²) in [5.74, 6) is 2.22. The maximum atomic E-state index is 12.5. The first-order valence-corrected chi connectivity index (χ1v) is 8.92. The van der Waals surface area contributed by atoms with Crippen LogP contribution in [-0.4, -0.2) is 23.4 Å². The fourth-order valence-corrected chi connectivity index (χ4v) is 2.76. The number of hydrogen-bond acceptors (Lipinski definition) is 3. The van der Waals surface area contributed by atoms with Crippen LogP contribution in [0.15, 0.2) is 18.2 Å². The van der Waals surface area contributed by atoms with Crippen LogP contribution in [0.3, 0.4) is 0 Å². The number of hydrogen-bond donors (Lipinski definition) is 0. The molecule has 0 radical (unpaired) electrons. The lowest BCUT2D eigenvalue weighted by atomic mass is 9.98. The van der Waals surface area contributed by atoms with E-state index in [9.17, 15) is 4.79 Å². The van der Waals surface area contributed by atoms with Crippen molar-refractivity contribution in [3.8, 4) is 5.75 Å². The zero-order chi connectivity index (χ0) is 15.8. The average molecular weight is 308 g/mol. The summed E-state index contributed by atoms with van der Waals surface area (Å²) in [6, 6.07) is 6.03. The molecule has 3 heteroatoms. The molecule has 0 spiro atoms. The molecular weight excluding hydrogens is 280 g/mol. The second-order valence-electron chi connectivity index (χ2n) is 5.85. The first-order valence-electron chi connectivity index (χ1n) is 7.87. The van der Waals surface area contributed by atoms with Crippen LogP contribution >= 0.6 is 11.8 Å². The lowest BCUT2D eigenvalue weighted by Gasteiger charge is -2.14. The SMILES string of the molecule is CCCOc1ccc(C(C)C)cc1C(=O)CCSC(C)C. The minimum absolute atomic E-state index is 0.191. The summed E-state index contributed by atoms with van der Waals surface area (Å²) in [4.78, 5) is 12.5. The minimum Gasteiger partial charge on any atom is -0.493 e. The molecule has 1 rings (SSSR count). The third-order valence-corrected chi connectivity index (χ3v) is 4.32. The van der Waals surface area contributed by atoms with Gasteiger partial charge in [0.1, 0.15) is 5.75 Å². The number of thioether (sulfide) groups is 1. The Labute approximate surface area is 133 Å². The summed E-state index contributed by atoms with van der Waals surface area (Å²) >= 11 is 1.83. The summed E-state index contributed by atoms with van der Waals surface area (Å²) in [5, 5.41) is 0.565. The molecule has 0 aliphatic carbocycles. The molecule has 1 aromatic carbocycles. The van der Waals surface area contributed by atoms with E-state index in [2.05, 4.69) is 40.7 Å². The minimum atomic E-state index is 0.191. The molecule has 0 amide bonds. The highest BCUT2D eigenvalue weighted by atomic mass is 32.2. The molecule has 0 fully saturated rings. The monoisotopic (exact) mass is 308 g/mol. The lowest BCUT2D eigenvalue weighted by molar-refractivity contribution is 0.0985. The van der Waals surface area contributed by atoms with Crippen LogP contribution in [0.4, 0.5) is 0 Å². The standard InChI is InChI=1S/C18H28O2S/c1-6-10-20-18-8-7-15(13(2)3)12-16(18)17(19)9-11-21-14(4)5/h7-8,12-14H,6,9-11H2,1-5H3. The van der Waals surface area contributed by atoms with Crippen molar-refractivity contribution in [1.29, 1.82) is 0 Å². The Hall–Kier alpha value is -0.960. The number of benzene rings is 1. The van der Waals surface area contributed by atoms with E-state index < -0.39 is 0 Å². The van der Waals surface area contributed by atoms with Crippen LogP contribution < -0.4 is 4.74 Å². The Morgan fingerprint density at radius 3 is 2.52 bits per heavy atom. The van der Waals surface area contributed by atoms with Crippen molar-refractivity contribution in [2.45, 2.75) is 58.6 Å². The zero-order valence-electron chi connectivity index (χ0n) is 13.9. The Bertz CT molecular complexity index is 453. The van der Waals surface area contributed by atoms with Crippen molar-refractivity contribution in [2.24, 2.45) is 0 Å². The summed E-state index contributed by atoms with van der Waals surface area (Å²) in [6.07, 6.45) is 1.52. The molecule has 118 valence electrons. The summed E-state index contributed by atoms with van der Waals surface area (Å²) in [5.41, 5.74) is 1.94. The Morgan fingerprint density at radius 2 is 1.95 bits per heavy atom. The van der Waals surface area contributed by atoms with Crippen LogP contribution in [-0.2, 0) is 0 Å². The molecule has 21 heavy (non-hydrogen) atoms. The molecular formula is C18H28O2S. The van der Waals surface area contributed by atoms with Crippen LogP contribution in [0.1, 0.15) is 69.3 Å². The molecule has 0 aliphatic rings. The summed E-state index contributed by atoms with van der Waals surface area (Å²) in [7, 11) is 0. The predicted molar refractivity (Wildman–Crippen MR) is 92.9 cm³/mol. The summed E-state index contributed by atoms with van der Waals surface area (Å²) in [6.45, 7) is 11.3. The van der Waals surface area contributed by atoms with E-state index in [1.54, 1.807) is 0 Å². The van der Waals surface area contributed by atoms with Gasteiger partial charge in [-0.1, -0.05) is 40.7 Å². The van der Waals surface area contributed by atoms with Gasteiger partial charge in [0.25, 0.3) is 0 Å². The highest BCUT2D eigenvalue weighted by Crippen LogP contribution is 2.26. The number of ketones is 1. The van der Waals surface area contributed by atoms with E-state index in [0.29, 0.717) is 24.2 Å². The van der Waals surface area contributed by atoms with Gasteiger partial charge in [-0.2, -0.15) is 11.8 Å². The van der Waals surface area contributed by atoms with Crippen LogP contribution in [0, 0.1) is 0 Å². The largest absolute Gasteiger partial charge is 0.493 e. The molecule has 0 aromatic heterocycles. The van der Waals surface area contributed by atoms with Gasteiger partial charge >= 0.3 is 0 Å². The third-order valence-electron chi connectivity index (χ3n) is 3.21. The van der Waals surface area contributed by atoms with Crippen molar-refractivity contribution in [2.75, 3.05) is 12.4 Å². The Balaban J connectivity index is 2.88. The van der Waals surface area contributed by atoms with Crippen LogP contribution in [0.25, 0.3) is 0 Å². The normalized spacial score (nSPS) is 11.2. The van der Waals surface area contributed by atoms with Gasteiger partial charge in [-0.15, -0.1) is 0 Å².